The summed E-state index contributed by atoms with van der Waals surface area (Å²) < 4.78 is 0. The van der Waals surface area contributed by atoms with Crippen LogP contribution in [0.4, 0.5) is 11.4 Å². The Labute approximate surface area is 145 Å². The van der Waals surface area contributed by atoms with Gasteiger partial charge in [-0.05, 0) is 58.4 Å². The van der Waals surface area contributed by atoms with Gasteiger partial charge in [-0.15, -0.1) is 0 Å². The maximum Gasteiger partial charge on any atom is 0.239 e. The van der Waals surface area contributed by atoms with E-state index in [9.17, 15) is 4.79 Å². The molecular weight excluding hydrogens is 302 g/mol. The van der Waals surface area contributed by atoms with Crippen molar-refractivity contribution in [3.63, 3.8) is 0 Å². The smallest absolute Gasteiger partial charge is 0.239 e. The molecular formula is C18H31N5O. The summed E-state index contributed by atoms with van der Waals surface area (Å²) in [4.78, 5) is 18.7. The summed E-state index contributed by atoms with van der Waals surface area (Å²) in [5.41, 5.74) is 2.23. The number of anilines is 2. The first-order valence-electron chi connectivity index (χ1n) is 8.73. The van der Waals surface area contributed by atoms with Crippen LogP contribution in [0.3, 0.4) is 0 Å². The standard InChI is InChI=1S/C18H31N5O/c1-21(2)10-4-9-19-18(24)15-20-16-5-7-17(8-6-16)23-13-11-22(3)12-14-23/h5-8,20H,4,9-15H2,1-3H3,(H,19,24). The van der Waals surface area contributed by atoms with Crippen LogP contribution in [-0.4, -0.2) is 82.7 Å². The van der Waals surface area contributed by atoms with Crippen LogP contribution in [0.25, 0.3) is 0 Å². The average molecular weight is 333 g/mol. The zero-order valence-electron chi connectivity index (χ0n) is 15.2. The number of nitrogens with one attached hydrogen (secondary N) is 2. The van der Waals surface area contributed by atoms with Gasteiger partial charge >= 0.3 is 0 Å². The monoisotopic (exact) mass is 333 g/mol. The number of nitrogens with zero attached hydrogens (tertiary/aromatic N) is 3. The largest absolute Gasteiger partial charge is 0.376 e. The summed E-state index contributed by atoms with van der Waals surface area (Å²) in [5, 5.41) is 6.12. The highest BCUT2D eigenvalue weighted by atomic mass is 16.1. The van der Waals surface area contributed by atoms with Gasteiger partial charge in [0.1, 0.15) is 0 Å². The van der Waals surface area contributed by atoms with Crippen molar-refractivity contribution in [2.75, 3.05) is 77.2 Å². The number of rotatable bonds is 8. The Morgan fingerprint density at radius 1 is 1.12 bits per heavy atom. The van der Waals surface area contributed by atoms with Crippen LogP contribution < -0.4 is 15.5 Å². The van der Waals surface area contributed by atoms with Gasteiger partial charge in [0.05, 0.1) is 6.54 Å². The molecule has 0 bridgehead atoms. The minimum Gasteiger partial charge on any atom is -0.376 e. The SMILES string of the molecule is CN(C)CCCNC(=O)CNc1ccc(N2CCN(C)CC2)cc1. The Balaban J connectivity index is 1.69. The van der Waals surface area contributed by atoms with E-state index < -0.39 is 0 Å². The van der Waals surface area contributed by atoms with Crippen LogP contribution in [0.1, 0.15) is 6.42 Å². The average Bonchev–Trinajstić information content (AvgIpc) is 2.58. The number of hydrogen-bond acceptors (Lipinski definition) is 5. The van der Waals surface area contributed by atoms with E-state index in [1.165, 1.54) is 5.69 Å². The first-order valence-corrected chi connectivity index (χ1v) is 8.73. The summed E-state index contributed by atoms with van der Waals surface area (Å²) in [6.45, 7) is 6.37. The highest BCUT2D eigenvalue weighted by Gasteiger charge is 2.13. The van der Waals surface area contributed by atoms with Gasteiger partial charge in [-0.3, -0.25) is 4.79 Å². The van der Waals surface area contributed by atoms with Gasteiger partial charge in [-0.25, -0.2) is 0 Å². The summed E-state index contributed by atoms with van der Waals surface area (Å²) in [7, 11) is 6.24. The molecule has 0 saturated carbocycles. The molecule has 0 aliphatic carbocycles. The third-order valence-electron chi connectivity index (χ3n) is 4.29. The van der Waals surface area contributed by atoms with Crippen LogP contribution in [-0.2, 0) is 4.79 Å². The summed E-state index contributed by atoms with van der Waals surface area (Å²) in [6.07, 6.45) is 0.971. The van der Waals surface area contributed by atoms with Gasteiger partial charge in [0.2, 0.25) is 5.91 Å². The van der Waals surface area contributed by atoms with Crippen molar-refractivity contribution < 1.29 is 4.79 Å². The van der Waals surface area contributed by atoms with E-state index in [2.05, 4.69) is 44.5 Å². The van der Waals surface area contributed by atoms with Gasteiger partial charge < -0.3 is 25.3 Å². The number of likely N-dealkylation sites (N-methyl/N-ethyl adjacent to an activating group) is 1. The Hall–Kier alpha value is -1.79. The molecule has 0 atom stereocenters. The van der Waals surface area contributed by atoms with Crippen LogP contribution >= 0.6 is 0 Å². The van der Waals surface area contributed by atoms with Crippen LogP contribution in [0.2, 0.25) is 0 Å². The van der Waals surface area contributed by atoms with Crippen molar-refractivity contribution in [3.8, 4) is 0 Å². The number of carbonyl (C=O) groups excluding carboxylic acids is 1. The molecule has 1 aromatic rings. The molecule has 24 heavy (non-hydrogen) atoms. The number of benzene rings is 1. The Kier molecular flexibility index (Phi) is 7.34. The Morgan fingerprint density at radius 2 is 1.79 bits per heavy atom. The van der Waals surface area contributed by atoms with E-state index in [4.69, 9.17) is 0 Å². The third kappa shape index (κ3) is 6.37. The predicted octanol–water partition coefficient (Wildman–Crippen LogP) is 0.918. The van der Waals surface area contributed by atoms with Gasteiger partial charge in [0, 0.05) is 44.1 Å². The van der Waals surface area contributed by atoms with Crippen LogP contribution in [0.5, 0.6) is 0 Å². The number of amides is 1. The lowest BCUT2D eigenvalue weighted by Gasteiger charge is -2.34. The van der Waals surface area contributed by atoms with Crippen molar-refractivity contribution in [2.24, 2.45) is 0 Å². The molecule has 134 valence electrons. The molecule has 1 saturated heterocycles. The van der Waals surface area contributed by atoms with Gasteiger partial charge in [0.15, 0.2) is 0 Å². The molecule has 1 aliphatic rings. The zero-order chi connectivity index (χ0) is 17.4. The van der Waals surface area contributed by atoms with E-state index in [-0.39, 0.29) is 5.91 Å². The lowest BCUT2D eigenvalue weighted by Crippen LogP contribution is -2.44. The molecule has 6 heteroatoms. The van der Waals surface area contributed by atoms with E-state index in [0.29, 0.717) is 6.54 Å². The lowest BCUT2D eigenvalue weighted by atomic mass is 10.2. The fraction of sp³-hybridized carbons (Fsp3) is 0.611. The van der Waals surface area contributed by atoms with Crippen molar-refractivity contribution in [1.82, 2.24) is 15.1 Å². The maximum atomic E-state index is 11.8. The minimum atomic E-state index is 0.0388. The van der Waals surface area contributed by atoms with Crippen molar-refractivity contribution in [2.45, 2.75) is 6.42 Å². The molecule has 1 aliphatic heterocycles. The quantitative estimate of drug-likeness (QED) is 0.693. The van der Waals surface area contributed by atoms with Gasteiger partial charge in [-0.2, -0.15) is 0 Å². The molecule has 0 aromatic heterocycles. The molecule has 0 radical (unpaired) electrons. The van der Waals surface area contributed by atoms with Crippen molar-refractivity contribution >= 4 is 17.3 Å². The topological polar surface area (TPSA) is 50.9 Å². The van der Waals surface area contributed by atoms with E-state index in [1.807, 2.05) is 26.2 Å². The molecule has 0 spiro atoms. The third-order valence-corrected chi connectivity index (χ3v) is 4.29. The molecule has 2 N–H and O–H groups in total. The molecule has 1 aromatic carbocycles. The summed E-state index contributed by atoms with van der Waals surface area (Å²) >= 11 is 0. The lowest BCUT2D eigenvalue weighted by molar-refractivity contribution is -0.119. The number of hydrogen-bond donors (Lipinski definition) is 2. The minimum absolute atomic E-state index is 0.0388. The molecule has 6 nitrogen and oxygen atoms in total. The molecule has 1 fully saturated rings. The first-order chi connectivity index (χ1) is 11.5. The number of carbonyl (C=O) groups is 1. The van der Waals surface area contributed by atoms with Crippen molar-refractivity contribution in [1.29, 1.82) is 0 Å². The van der Waals surface area contributed by atoms with Crippen LogP contribution in [0, 0.1) is 0 Å². The van der Waals surface area contributed by atoms with Crippen LogP contribution in [0.15, 0.2) is 24.3 Å². The van der Waals surface area contributed by atoms with E-state index in [0.717, 1.165) is 51.4 Å². The maximum absolute atomic E-state index is 11.8. The first kappa shape index (κ1) is 18.5. The second kappa shape index (κ2) is 9.49. The highest BCUT2D eigenvalue weighted by molar-refractivity contribution is 5.80. The number of piperazine rings is 1. The Morgan fingerprint density at radius 3 is 2.42 bits per heavy atom. The van der Waals surface area contributed by atoms with Gasteiger partial charge in [-0.1, -0.05) is 0 Å². The molecule has 1 amide bonds. The molecule has 2 rings (SSSR count). The highest BCUT2D eigenvalue weighted by Crippen LogP contribution is 2.19. The summed E-state index contributed by atoms with van der Waals surface area (Å²) in [6, 6.07) is 8.35. The molecule has 1 heterocycles. The summed E-state index contributed by atoms with van der Waals surface area (Å²) in [5.74, 6) is 0.0388. The Bertz CT molecular complexity index is 495. The van der Waals surface area contributed by atoms with Gasteiger partial charge in [0.25, 0.3) is 0 Å². The van der Waals surface area contributed by atoms with E-state index in [1.54, 1.807) is 0 Å². The van der Waals surface area contributed by atoms with Crippen molar-refractivity contribution in [3.05, 3.63) is 24.3 Å². The molecule has 0 unspecified atom stereocenters. The predicted molar refractivity (Wildman–Crippen MR) is 101 cm³/mol. The zero-order valence-corrected chi connectivity index (χ0v) is 15.2. The normalized spacial score (nSPS) is 15.6. The van der Waals surface area contributed by atoms with E-state index >= 15 is 0 Å². The second-order valence-electron chi connectivity index (χ2n) is 6.70. The fourth-order valence-corrected chi connectivity index (χ4v) is 2.72. The fourth-order valence-electron chi connectivity index (χ4n) is 2.72. The second-order valence-corrected chi connectivity index (χ2v) is 6.70.